The van der Waals surface area contributed by atoms with Gasteiger partial charge in [0.2, 0.25) is 9.84 Å². The van der Waals surface area contributed by atoms with Crippen LogP contribution in [-0.4, -0.2) is 38.1 Å². The van der Waals surface area contributed by atoms with E-state index in [0.717, 1.165) is 18.9 Å². The molecule has 2 aromatic rings. The average Bonchev–Trinajstić information content (AvgIpc) is 3.16. The van der Waals surface area contributed by atoms with Gasteiger partial charge >= 0.3 is 5.76 Å². The number of benzene rings is 1. The van der Waals surface area contributed by atoms with Crippen molar-refractivity contribution in [2.24, 2.45) is 0 Å². The van der Waals surface area contributed by atoms with Crippen molar-refractivity contribution in [1.29, 1.82) is 0 Å². The molecule has 1 aliphatic rings. The van der Waals surface area contributed by atoms with Gasteiger partial charge in [0.15, 0.2) is 0 Å². The highest BCUT2D eigenvalue weighted by Gasteiger charge is 2.33. The fourth-order valence-electron chi connectivity index (χ4n) is 3.05. The first-order valence-corrected chi connectivity index (χ1v) is 10.3. The molecule has 0 atom stereocenters. The van der Waals surface area contributed by atoms with Gasteiger partial charge in [-0.05, 0) is 42.3 Å². The topological polar surface area (TPSA) is 54.5 Å². The zero-order valence-corrected chi connectivity index (χ0v) is 14.9. The molecule has 4 nitrogen and oxygen atoms in total. The number of halogens is 2. The third kappa shape index (κ3) is 3.59. The van der Waals surface area contributed by atoms with Crippen LogP contribution in [0.5, 0.6) is 0 Å². The molecule has 1 aliphatic heterocycles. The van der Waals surface area contributed by atoms with E-state index in [2.05, 4.69) is 6.07 Å². The van der Waals surface area contributed by atoms with Crippen LogP contribution in [0.3, 0.4) is 0 Å². The van der Waals surface area contributed by atoms with Crippen LogP contribution >= 0.6 is 11.3 Å². The number of sulfone groups is 1. The van der Waals surface area contributed by atoms with Crippen molar-refractivity contribution in [3.8, 4) is 0 Å². The van der Waals surface area contributed by atoms with Gasteiger partial charge in [-0.15, -0.1) is 11.3 Å². The van der Waals surface area contributed by atoms with E-state index < -0.39 is 26.4 Å². The molecule has 1 amide bonds. The highest BCUT2D eigenvalue weighted by molar-refractivity contribution is 7.91. The number of likely N-dealkylation sites (tertiary alicyclic amines) is 1. The molecule has 0 radical (unpaired) electrons. The van der Waals surface area contributed by atoms with Gasteiger partial charge in [-0.3, -0.25) is 4.79 Å². The Labute approximate surface area is 149 Å². The second-order valence-electron chi connectivity index (χ2n) is 5.88. The lowest BCUT2D eigenvalue weighted by atomic mass is 9.95. The van der Waals surface area contributed by atoms with E-state index >= 15 is 0 Å². The maximum absolute atomic E-state index is 12.9. The van der Waals surface area contributed by atoms with Crippen LogP contribution in [-0.2, 0) is 9.84 Å². The molecule has 8 heteroatoms. The van der Waals surface area contributed by atoms with Crippen LogP contribution < -0.4 is 0 Å². The predicted octanol–water partition coefficient (Wildman–Crippen LogP) is 3.76. The van der Waals surface area contributed by atoms with Crippen molar-refractivity contribution in [1.82, 2.24) is 4.90 Å². The van der Waals surface area contributed by atoms with Crippen LogP contribution in [0, 0.1) is 0 Å². The molecule has 134 valence electrons. The largest absolute Gasteiger partial charge is 0.341 e. The highest BCUT2D eigenvalue weighted by atomic mass is 32.2. The fourth-order valence-corrected chi connectivity index (χ4v) is 4.87. The standard InChI is InChI=1S/C17H17F2NO3S2/c18-17(19)25(22,23)15-6-2-1-4-13(15)16(21)20-9-7-12(8-10-20)14-5-3-11-24-14/h1-6,11-12,17H,7-10H2. The smallest absolute Gasteiger partial charge is 0.339 e. The number of carbonyl (C=O) groups excluding carboxylic acids is 1. The van der Waals surface area contributed by atoms with E-state index in [4.69, 9.17) is 0 Å². The third-order valence-electron chi connectivity index (χ3n) is 4.39. The zero-order valence-electron chi connectivity index (χ0n) is 13.3. The average molecular weight is 385 g/mol. The molecular weight excluding hydrogens is 368 g/mol. The lowest BCUT2D eigenvalue weighted by Crippen LogP contribution is -2.38. The first-order valence-electron chi connectivity index (χ1n) is 7.85. The van der Waals surface area contributed by atoms with E-state index in [1.54, 1.807) is 16.2 Å². The Hall–Kier alpha value is -1.80. The molecule has 0 N–H and O–H groups in total. The summed E-state index contributed by atoms with van der Waals surface area (Å²) < 4.78 is 49.4. The Bertz CT molecular complexity index is 843. The summed E-state index contributed by atoms with van der Waals surface area (Å²) in [6, 6.07) is 9.24. The number of hydrogen-bond acceptors (Lipinski definition) is 4. The summed E-state index contributed by atoms with van der Waals surface area (Å²) in [5.41, 5.74) is -0.183. The molecule has 0 unspecified atom stereocenters. The van der Waals surface area contributed by atoms with Crippen LogP contribution in [0.15, 0.2) is 46.7 Å². The number of amides is 1. The first-order chi connectivity index (χ1) is 11.9. The summed E-state index contributed by atoms with van der Waals surface area (Å²) in [4.78, 5) is 14.9. The Morgan fingerprint density at radius 3 is 2.40 bits per heavy atom. The SMILES string of the molecule is O=C(c1ccccc1S(=O)(=O)C(F)F)N1CCC(c2cccs2)CC1. The summed E-state index contributed by atoms with van der Waals surface area (Å²) in [6.45, 7) is 0.953. The minimum absolute atomic E-state index is 0.183. The summed E-state index contributed by atoms with van der Waals surface area (Å²) in [5, 5.41) is 2.01. The Kier molecular flexibility index (Phi) is 5.19. The number of piperidine rings is 1. The Balaban J connectivity index is 1.79. The highest BCUT2D eigenvalue weighted by Crippen LogP contribution is 2.32. The molecule has 1 aromatic carbocycles. The minimum atomic E-state index is -4.82. The summed E-state index contributed by atoms with van der Waals surface area (Å²) in [5.74, 6) is -3.68. The van der Waals surface area contributed by atoms with Gasteiger partial charge in [0, 0.05) is 18.0 Å². The second kappa shape index (κ2) is 7.21. The zero-order chi connectivity index (χ0) is 18.0. The molecule has 0 saturated carbocycles. The van der Waals surface area contributed by atoms with Crippen molar-refractivity contribution in [2.45, 2.75) is 29.4 Å². The summed E-state index contributed by atoms with van der Waals surface area (Å²) in [7, 11) is -4.82. The van der Waals surface area contributed by atoms with Crippen molar-refractivity contribution in [2.75, 3.05) is 13.1 Å². The number of alkyl halides is 2. The lowest BCUT2D eigenvalue weighted by molar-refractivity contribution is 0.0709. The molecule has 0 aliphatic carbocycles. The molecule has 1 aromatic heterocycles. The van der Waals surface area contributed by atoms with E-state index in [1.807, 2.05) is 11.4 Å². The van der Waals surface area contributed by atoms with Gasteiger partial charge in [-0.2, -0.15) is 8.78 Å². The predicted molar refractivity (Wildman–Crippen MR) is 91.8 cm³/mol. The van der Waals surface area contributed by atoms with Crippen molar-refractivity contribution >= 4 is 27.1 Å². The fraction of sp³-hybridized carbons (Fsp3) is 0.353. The van der Waals surface area contributed by atoms with E-state index in [1.165, 1.54) is 23.1 Å². The molecule has 25 heavy (non-hydrogen) atoms. The second-order valence-corrected chi connectivity index (χ2v) is 8.75. The van der Waals surface area contributed by atoms with Gasteiger partial charge in [0.25, 0.3) is 5.91 Å². The molecule has 2 heterocycles. The van der Waals surface area contributed by atoms with Crippen molar-refractivity contribution < 1.29 is 22.0 Å². The van der Waals surface area contributed by atoms with Crippen LogP contribution in [0.2, 0.25) is 0 Å². The van der Waals surface area contributed by atoms with E-state index in [-0.39, 0.29) is 5.56 Å². The number of hydrogen-bond donors (Lipinski definition) is 0. The number of thiophene rings is 1. The van der Waals surface area contributed by atoms with E-state index in [9.17, 15) is 22.0 Å². The van der Waals surface area contributed by atoms with Crippen molar-refractivity contribution in [3.63, 3.8) is 0 Å². The monoisotopic (exact) mass is 385 g/mol. The minimum Gasteiger partial charge on any atom is -0.339 e. The van der Waals surface area contributed by atoms with E-state index in [0.29, 0.717) is 19.0 Å². The number of carbonyl (C=O) groups is 1. The quantitative estimate of drug-likeness (QED) is 0.805. The third-order valence-corrected chi connectivity index (χ3v) is 6.86. The number of nitrogens with zero attached hydrogens (tertiary/aromatic N) is 1. The van der Waals surface area contributed by atoms with Gasteiger partial charge in [-0.25, -0.2) is 8.42 Å². The Morgan fingerprint density at radius 2 is 1.80 bits per heavy atom. The summed E-state index contributed by atoms with van der Waals surface area (Å²) >= 11 is 1.68. The molecule has 1 saturated heterocycles. The molecule has 0 spiro atoms. The maximum Gasteiger partial charge on any atom is 0.341 e. The van der Waals surface area contributed by atoms with Crippen LogP contribution in [0.4, 0.5) is 8.78 Å². The van der Waals surface area contributed by atoms with Gasteiger partial charge < -0.3 is 4.90 Å². The van der Waals surface area contributed by atoms with Gasteiger partial charge in [-0.1, -0.05) is 18.2 Å². The van der Waals surface area contributed by atoms with Crippen LogP contribution in [0.1, 0.15) is 34.0 Å². The summed E-state index contributed by atoms with van der Waals surface area (Å²) in [6.07, 6.45) is 1.55. The first kappa shape index (κ1) is 18.0. The lowest BCUT2D eigenvalue weighted by Gasteiger charge is -2.32. The molecular formula is C17H17F2NO3S2. The Morgan fingerprint density at radius 1 is 1.12 bits per heavy atom. The maximum atomic E-state index is 12.9. The molecule has 3 rings (SSSR count). The van der Waals surface area contributed by atoms with Gasteiger partial charge in [0.1, 0.15) is 0 Å². The number of rotatable bonds is 4. The normalized spacial score (nSPS) is 16.4. The van der Waals surface area contributed by atoms with Gasteiger partial charge in [0.05, 0.1) is 10.5 Å². The van der Waals surface area contributed by atoms with Crippen LogP contribution in [0.25, 0.3) is 0 Å². The molecule has 1 fully saturated rings. The molecule has 0 bridgehead atoms. The van der Waals surface area contributed by atoms with Crippen molar-refractivity contribution in [3.05, 3.63) is 52.2 Å².